The highest BCUT2D eigenvalue weighted by atomic mass is 79.9. The summed E-state index contributed by atoms with van der Waals surface area (Å²) < 4.78 is 24.9. The van der Waals surface area contributed by atoms with Crippen LogP contribution in [0.5, 0.6) is 0 Å². The summed E-state index contributed by atoms with van der Waals surface area (Å²) in [6.07, 6.45) is -2.71. The van der Waals surface area contributed by atoms with Crippen molar-refractivity contribution in [3.8, 4) is 0 Å². The highest BCUT2D eigenvalue weighted by Crippen LogP contribution is 2.26. The fourth-order valence-electron chi connectivity index (χ4n) is 0.924. The minimum absolute atomic E-state index is 0.179. The topological polar surface area (TPSA) is 30.0 Å². The van der Waals surface area contributed by atoms with Gasteiger partial charge in [0.15, 0.2) is 0 Å². The van der Waals surface area contributed by atoms with E-state index in [2.05, 4.69) is 20.9 Å². The Kier molecular flexibility index (Phi) is 3.55. The molecular formula is C8H5BrClF2NO. The van der Waals surface area contributed by atoms with Crippen molar-refractivity contribution in [1.29, 1.82) is 0 Å². The van der Waals surface area contributed by atoms with Crippen LogP contribution in [0.2, 0.25) is 0 Å². The van der Waals surface area contributed by atoms with Crippen LogP contribution in [-0.4, -0.2) is 10.2 Å². The Morgan fingerprint density at radius 3 is 2.64 bits per heavy atom. The molecule has 0 bridgehead atoms. The zero-order chi connectivity index (χ0) is 10.9. The quantitative estimate of drug-likeness (QED) is 0.778. The van der Waals surface area contributed by atoms with E-state index in [1.54, 1.807) is 6.92 Å². The van der Waals surface area contributed by atoms with E-state index in [0.717, 1.165) is 0 Å². The first-order valence-electron chi connectivity index (χ1n) is 3.58. The van der Waals surface area contributed by atoms with E-state index < -0.39 is 17.4 Å². The first-order chi connectivity index (χ1) is 6.43. The Bertz CT molecular complexity index is 384. The second-order valence-electron chi connectivity index (χ2n) is 2.60. The summed E-state index contributed by atoms with van der Waals surface area (Å²) in [6.45, 7) is 1.58. The summed E-state index contributed by atoms with van der Waals surface area (Å²) in [6, 6.07) is 1.21. The van der Waals surface area contributed by atoms with Gasteiger partial charge >= 0.3 is 0 Å². The van der Waals surface area contributed by atoms with Crippen molar-refractivity contribution in [2.24, 2.45) is 0 Å². The summed E-state index contributed by atoms with van der Waals surface area (Å²) in [4.78, 5) is 14.3. The Hall–Kier alpha value is -0.550. The van der Waals surface area contributed by atoms with E-state index in [0.29, 0.717) is 10.0 Å². The Labute approximate surface area is 92.4 Å². The number of rotatable bonds is 2. The fraction of sp³-hybridized carbons (Fsp3) is 0.250. The van der Waals surface area contributed by atoms with E-state index in [4.69, 9.17) is 11.6 Å². The van der Waals surface area contributed by atoms with Crippen molar-refractivity contribution in [2.45, 2.75) is 13.3 Å². The monoisotopic (exact) mass is 283 g/mol. The zero-order valence-electron chi connectivity index (χ0n) is 7.02. The van der Waals surface area contributed by atoms with E-state index in [1.165, 1.54) is 6.07 Å². The second-order valence-corrected chi connectivity index (χ2v) is 3.74. The van der Waals surface area contributed by atoms with Crippen molar-refractivity contribution in [3.05, 3.63) is 27.5 Å². The number of hydrogen-bond acceptors (Lipinski definition) is 2. The zero-order valence-corrected chi connectivity index (χ0v) is 9.36. The average Bonchev–Trinajstić information content (AvgIpc) is 2.08. The maximum absolute atomic E-state index is 12.3. The Morgan fingerprint density at radius 2 is 2.21 bits per heavy atom. The first-order valence-corrected chi connectivity index (χ1v) is 4.75. The molecule has 1 heterocycles. The van der Waals surface area contributed by atoms with Crippen LogP contribution in [-0.2, 0) is 0 Å². The van der Waals surface area contributed by atoms with Gasteiger partial charge in [0.1, 0.15) is 11.4 Å². The van der Waals surface area contributed by atoms with Gasteiger partial charge in [-0.3, -0.25) is 4.79 Å². The van der Waals surface area contributed by atoms with E-state index in [9.17, 15) is 13.6 Å². The molecule has 1 aromatic heterocycles. The summed E-state index contributed by atoms with van der Waals surface area (Å²) in [5, 5.41) is -0.859. The number of aryl methyl sites for hydroxylation is 1. The van der Waals surface area contributed by atoms with E-state index in [1.807, 2.05) is 0 Å². The van der Waals surface area contributed by atoms with E-state index >= 15 is 0 Å². The predicted molar refractivity (Wildman–Crippen MR) is 51.8 cm³/mol. The summed E-state index contributed by atoms with van der Waals surface area (Å²) in [5.74, 6) is 0. The van der Waals surface area contributed by atoms with Gasteiger partial charge in [0.05, 0.1) is 4.47 Å². The molecule has 2 nitrogen and oxygen atoms in total. The fourth-order valence-corrected chi connectivity index (χ4v) is 1.56. The van der Waals surface area contributed by atoms with Crippen LogP contribution in [0.4, 0.5) is 8.78 Å². The van der Waals surface area contributed by atoms with Crippen molar-refractivity contribution in [3.63, 3.8) is 0 Å². The first kappa shape index (κ1) is 11.5. The maximum Gasteiger partial charge on any atom is 0.280 e. The van der Waals surface area contributed by atoms with E-state index in [-0.39, 0.29) is 5.69 Å². The van der Waals surface area contributed by atoms with Gasteiger partial charge in [-0.25, -0.2) is 13.8 Å². The third-order valence-corrected chi connectivity index (χ3v) is 2.75. The molecule has 0 radical (unpaired) electrons. The molecule has 0 aromatic carbocycles. The van der Waals surface area contributed by atoms with Gasteiger partial charge in [0.2, 0.25) is 0 Å². The molecule has 0 saturated heterocycles. The lowest BCUT2D eigenvalue weighted by Crippen LogP contribution is -2.02. The lowest BCUT2D eigenvalue weighted by molar-refractivity contribution is 0.107. The average molecular weight is 284 g/mol. The molecule has 0 unspecified atom stereocenters. The highest BCUT2D eigenvalue weighted by molar-refractivity contribution is 9.10. The summed E-state index contributed by atoms with van der Waals surface area (Å²) >= 11 is 8.23. The number of carbonyl (C=O) groups is 1. The standard InChI is InChI=1S/C8H5BrClF2NO/c1-3-2-4(8(11)12)13-6(5(3)9)7(10)14/h2,8H,1H3. The van der Waals surface area contributed by atoms with Gasteiger partial charge < -0.3 is 0 Å². The van der Waals surface area contributed by atoms with Crippen LogP contribution >= 0.6 is 27.5 Å². The van der Waals surface area contributed by atoms with Crippen LogP contribution in [0.15, 0.2) is 10.5 Å². The molecule has 76 valence electrons. The van der Waals surface area contributed by atoms with Crippen LogP contribution in [0.25, 0.3) is 0 Å². The summed E-state index contributed by atoms with van der Waals surface area (Å²) in [7, 11) is 0. The highest BCUT2D eigenvalue weighted by Gasteiger charge is 2.17. The molecule has 0 aliphatic carbocycles. The molecular weight excluding hydrogens is 279 g/mol. The number of alkyl halides is 2. The molecule has 1 rings (SSSR count). The predicted octanol–water partition coefficient (Wildman–Crippen LogP) is 3.47. The molecule has 0 atom stereocenters. The molecule has 0 amide bonds. The maximum atomic E-state index is 12.3. The number of carbonyl (C=O) groups excluding carboxylic acids is 1. The van der Waals surface area contributed by atoms with Crippen molar-refractivity contribution < 1.29 is 13.6 Å². The SMILES string of the molecule is Cc1cc(C(F)F)nc(C(=O)Cl)c1Br. The lowest BCUT2D eigenvalue weighted by Gasteiger charge is -2.05. The van der Waals surface area contributed by atoms with Gasteiger partial charge in [-0.05, 0) is 46.1 Å². The van der Waals surface area contributed by atoms with Crippen LogP contribution in [0.1, 0.15) is 28.2 Å². The molecule has 0 aliphatic rings. The minimum atomic E-state index is -2.71. The van der Waals surface area contributed by atoms with Crippen LogP contribution < -0.4 is 0 Å². The van der Waals surface area contributed by atoms with Gasteiger partial charge in [-0.1, -0.05) is 0 Å². The second kappa shape index (κ2) is 4.31. The molecule has 14 heavy (non-hydrogen) atoms. The van der Waals surface area contributed by atoms with Gasteiger partial charge in [0.25, 0.3) is 11.7 Å². The Balaban J connectivity index is 3.35. The number of halogens is 4. The van der Waals surface area contributed by atoms with Gasteiger partial charge in [-0.2, -0.15) is 0 Å². The third-order valence-electron chi connectivity index (χ3n) is 1.57. The van der Waals surface area contributed by atoms with Crippen molar-refractivity contribution in [2.75, 3.05) is 0 Å². The van der Waals surface area contributed by atoms with Gasteiger partial charge in [-0.15, -0.1) is 0 Å². The summed E-state index contributed by atoms with van der Waals surface area (Å²) in [5.41, 5.74) is -0.129. The van der Waals surface area contributed by atoms with Gasteiger partial charge in [0, 0.05) is 0 Å². The molecule has 1 aromatic rings. The number of pyridine rings is 1. The molecule has 6 heteroatoms. The molecule has 0 spiro atoms. The lowest BCUT2D eigenvalue weighted by atomic mass is 10.2. The van der Waals surface area contributed by atoms with Crippen LogP contribution in [0, 0.1) is 6.92 Å². The molecule has 0 N–H and O–H groups in total. The number of hydrogen-bond donors (Lipinski definition) is 0. The Morgan fingerprint density at radius 1 is 1.64 bits per heavy atom. The third kappa shape index (κ3) is 2.27. The van der Waals surface area contributed by atoms with Crippen LogP contribution in [0.3, 0.4) is 0 Å². The smallest absolute Gasteiger partial charge is 0.274 e. The minimum Gasteiger partial charge on any atom is -0.274 e. The normalized spacial score (nSPS) is 10.7. The molecule has 0 aliphatic heterocycles. The molecule has 0 saturated carbocycles. The number of aromatic nitrogens is 1. The number of nitrogens with zero attached hydrogens (tertiary/aromatic N) is 1. The molecule has 0 fully saturated rings. The van der Waals surface area contributed by atoms with Crippen molar-refractivity contribution in [1.82, 2.24) is 4.98 Å². The largest absolute Gasteiger partial charge is 0.280 e. The van der Waals surface area contributed by atoms with Crippen molar-refractivity contribution >= 4 is 32.8 Å².